The molecule has 2 aliphatic rings. The Morgan fingerprint density at radius 1 is 1.17 bits per heavy atom. The number of ether oxygens (including phenoxy) is 1. The highest BCUT2D eigenvalue weighted by molar-refractivity contribution is 6.03. The van der Waals surface area contributed by atoms with Gasteiger partial charge in [-0.2, -0.15) is 5.26 Å². The number of hydrogen-bond acceptors (Lipinski definition) is 5. The lowest BCUT2D eigenvalue weighted by molar-refractivity contribution is -0.0419. The molecule has 2 aromatic rings. The number of carbonyl (C=O) groups excluding carboxylic acids is 1. The normalized spacial score (nSPS) is 23.0. The molecule has 3 heterocycles. The van der Waals surface area contributed by atoms with Crippen molar-refractivity contribution >= 4 is 17.2 Å². The summed E-state index contributed by atoms with van der Waals surface area (Å²) in [5.74, 6) is -0.0150. The molecule has 7 nitrogen and oxygen atoms in total. The van der Waals surface area contributed by atoms with Crippen LogP contribution < -0.4 is 5.32 Å². The predicted molar refractivity (Wildman–Crippen MR) is 137 cm³/mol. The zero-order valence-corrected chi connectivity index (χ0v) is 21.8. The Kier molecular flexibility index (Phi) is 6.63. The minimum absolute atomic E-state index is 0.0546. The Bertz CT molecular complexity index is 1160. The number of nitrogens with one attached hydrogen (secondary N) is 2. The molecular formula is C28H37N5O2. The zero-order chi connectivity index (χ0) is 25.4. The first-order chi connectivity index (χ1) is 16.4. The summed E-state index contributed by atoms with van der Waals surface area (Å²) in [6.45, 7) is 14.1. The maximum atomic E-state index is 12.9. The van der Waals surface area contributed by atoms with Crippen molar-refractivity contribution in [2.24, 2.45) is 10.8 Å². The van der Waals surface area contributed by atoms with Crippen LogP contribution in [0.2, 0.25) is 0 Å². The summed E-state index contributed by atoms with van der Waals surface area (Å²) >= 11 is 0. The molecule has 1 fully saturated rings. The largest absolute Gasteiger partial charge is 0.375 e. The lowest BCUT2D eigenvalue weighted by atomic mass is 9.77. The predicted octanol–water partition coefficient (Wildman–Crippen LogP) is 6.22. The molecule has 1 amide bonds. The molecule has 186 valence electrons. The van der Waals surface area contributed by atoms with Gasteiger partial charge >= 0.3 is 0 Å². The molecule has 7 heteroatoms. The van der Waals surface area contributed by atoms with Crippen LogP contribution in [0.4, 0.5) is 5.69 Å². The van der Waals surface area contributed by atoms with Gasteiger partial charge in [-0.25, -0.2) is 4.98 Å². The van der Waals surface area contributed by atoms with Crippen LogP contribution in [0.3, 0.4) is 0 Å². The number of pyridine rings is 1. The summed E-state index contributed by atoms with van der Waals surface area (Å²) in [7, 11) is 0. The molecule has 2 aromatic heterocycles. The van der Waals surface area contributed by atoms with Crippen molar-refractivity contribution in [1.82, 2.24) is 15.0 Å². The molecule has 1 saturated heterocycles. The number of amides is 1. The van der Waals surface area contributed by atoms with Crippen LogP contribution in [-0.2, 0) is 4.74 Å². The van der Waals surface area contributed by atoms with E-state index in [1.165, 1.54) is 11.8 Å². The van der Waals surface area contributed by atoms with E-state index in [1.807, 2.05) is 18.2 Å². The number of hydrogen-bond donors (Lipinski definition) is 2. The molecule has 0 aromatic carbocycles. The smallest absolute Gasteiger partial charge is 0.291 e. The summed E-state index contributed by atoms with van der Waals surface area (Å²) in [5, 5.41) is 12.0. The van der Waals surface area contributed by atoms with Gasteiger partial charge in [0, 0.05) is 11.6 Å². The summed E-state index contributed by atoms with van der Waals surface area (Å²) in [4.78, 5) is 24.9. The average Bonchev–Trinajstić information content (AvgIpc) is 3.23. The number of carbonyl (C=O) groups is 1. The molecule has 0 radical (unpaired) electrons. The first kappa shape index (κ1) is 25.1. The number of allylic oxidation sites excluding steroid dienone is 2. The van der Waals surface area contributed by atoms with Gasteiger partial charge in [-0.05, 0) is 74.5 Å². The number of rotatable bonds is 4. The van der Waals surface area contributed by atoms with E-state index < -0.39 is 0 Å². The molecule has 0 spiro atoms. The highest BCUT2D eigenvalue weighted by atomic mass is 16.5. The van der Waals surface area contributed by atoms with Crippen LogP contribution in [0.1, 0.15) is 107 Å². The van der Waals surface area contributed by atoms with Gasteiger partial charge in [0.25, 0.3) is 5.91 Å². The first-order valence-corrected chi connectivity index (χ1v) is 12.5. The molecule has 4 rings (SSSR count). The number of imidazole rings is 1. The van der Waals surface area contributed by atoms with Crippen molar-refractivity contribution in [3.05, 3.63) is 47.3 Å². The molecule has 1 aliphatic heterocycles. The van der Waals surface area contributed by atoms with E-state index in [4.69, 9.17) is 15.0 Å². The van der Waals surface area contributed by atoms with E-state index in [0.717, 1.165) is 50.1 Å². The summed E-state index contributed by atoms with van der Waals surface area (Å²) in [6, 6.07) is 5.98. The maximum Gasteiger partial charge on any atom is 0.291 e. The number of H-pyrrole nitrogens is 1. The second-order valence-corrected chi connectivity index (χ2v) is 12.3. The quantitative estimate of drug-likeness (QED) is 0.546. The lowest BCUT2D eigenvalue weighted by Gasteiger charge is -2.30. The Morgan fingerprint density at radius 3 is 2.60 bits per heavy atom. The van der Waals surface area contributed by atoms with E-state index in [2.05, 4.69) is 62.9 Å². The lowest BCUT2D eigenvalue weighted by Crippen LogP contribution is -2.26. The summed E-state index contributed by atoms with van der Waals surface area (Å²) in [6.07, 6.45) is 8.48. The van der Waals surface area contributed by atoms with Gasteiger partial charge in [0.1, 0.15) is 11.8 Å². The SMILES string of the molecule is CC1(C)CC=C(c2nc(C3CC(C)(C)COC(C)(C)C3)ccc2NC(=O)c2ncc(C#N)[nH]2)CC1. The van der Waals surface area contributed by atoms with Crippen LogP contribution in [0.5, 0.6) is 0 Å². The Balaban J connectivity index is 1.71. The molecule has 35 heavy (non-hydrogen) atoms. The standard InChI is InChI=1S/C28H37N5O2/c1-26(2)11-9-18(10-12-26)23-22(33-25(34)24-30-16-20(15-29)31-24)8-7-21(32-23)19-13-27(3,4)17-35-28(5,6)14-19/h7-9,16,19H,10-14,17H2,1-6H3,(H,30,31)(H,33,34). The Hall–Kier alpha value is -2.98. The van der Waals surface area contributed by atoms with E-state index >= 15 is 0 Å². The molecule has 1 aliphatic carbocycles. The van der Waals surface area contributed by atoms with Crippen LogP contribution in [0.15, 0.2) is 24.4 Å². The fourth-order valence-corrected chi connectivity index (χ4v) is 5.06. The van der Waals surface area contributed by atoms with Crippen LogP contribution in [0, 0.1) is 22.2 Å². The Morgan fingerprint density at radius 2 is 1.94 bits per heavy atom. The second-order valence-electron chi connectivity index (χ2n) is 12.3. The highest BCUT2D eigenvalue weighted by Crippen LogP contribution is 2.44. The van der Waals surface area contributed by atoms with Gasteiger partial charge in [0.15, 0.2) is 5.82 Å². The Labute approximate surface area is 208 Å². The van der Waals surface area contributed by atoms with Crippen molar-refractivity contribution in [3.63, 3.8) is 0 Å². The highest BCUT2D eigenvalue weighted by Gasteiger charge is 2.37. The van der Waals surface area contributed by atoms with Crippen LogP contribution in [0.25, 0.3) is 5.57 Å². The molecule has 0 bridgehead atoms. The van der Waals surface area contributed by atoms with Crippen LogP contribution >= 0.6 is 0 Å². The van der Waals surface area contributed by atoms with E-state index in [9.17, 15) is 4.79 Å². The van der Waals surface area contributed by atoms with Gasteiger partial charge in [0.05, 0.1) is 29.8 Å². The van der Waals surface area contributed by atoms with Gasteiger partial charge in [-0.1, -0.05) is 33.8 Å². The molecule has 1 unspecified atom stereocenters. The number of aromatic amines is 1. The number of nitriles is 1. The van der Waals surface area contributed by atoms with Gasteiger partial charge in [-0.3, -0.25) is 9.78 Å². The summed E-state index contributed by atoms with van der Waals surface area (Å²) < 4.78 is 6.23. The van der Waals surface area contributed by atoms with Crippen molar-refractivity contribution in [2.75, 3.05) is 11.9 Å². The van der Waals surface area contributed by atoms with E-state index in [1.54, 1.807) is 0 Å². The molecule has 0 saturated carbocycles. The fourth-order valence-electron chi connectivity index (χ4n) is 5.06. The van der Waals surface area contributed by atoms with E-state index in [-0.39, 0.29) is 39.8 Å². The van der Waals surface area contributed by atoms with Crippen molar-refractivity contribution in [3.8, 4) is 6.07 Å². The van der Waals surface area contributed by atoms with Crippen molar-refractivity contribution in [1.29, 1.82) is 5.26 Å². The maximum absolute atomic E-state index is 12.9. The van der Waals surface area contributed by atoms with Gasteiger partial charge < -0.3 is 15.0 Å². The monoisotopic (exact) mass is 475 g/mol. The summed E-state index contributed by atoms with van der Waals surface area (Å²) in [5.41, 5.74) is 4.06. The molecule has 1 atom stereocenters. The number of aromatic nitrogens is 3. The minimum Gasteiger partial charge on any atom is -0.375 e. The van der Waals surface area contributed by atoms with Crippen LogP contribution in [-0.4, -0.2) is 33.1 Å². The third-order valence-corrected chi connectivity index (χ3v) is 7.16. The van der Waals surface area contributed by atoms with E-state index in [0.29, 0.717) is 5.69 Å². The second kappa shape index (κ2) is 9.23. The zero-order valence-electron chi connectivity index (χ0n) is 21.8. The number of nitrogens with zero attached hydrogens (tertiary/aromatic N) is 3. The third kappa shape index (κ3) is 5.99. The first-order valence-electron chi connectivity index (χ1n) is 12.5. The third-order valence-electron chi connectivity index (χ3n) is 7.16. The minimum atomic E-state index is -0.385. The molecule has 2 N–H and O–H groups in total. The van der Waals surface area contributed by atoms with Gasteiger partial charge in [-0.15, -0.1) is 0 Å². The topological polar surface area (TPSA) is 104 Å². The van der Waals surface area contributed by atoms with Crippen molar-refractivity contribution < 1.29 is 9.53 Å². The fraction of sp³-hybridized carbons (Fsp3) is 0.571. The average molecular weight is 476 g/mol. The van der Waals surface area contributed by atoms with Gasteiger partial charge in [0.2, 0.25) is 0 Å². The molecular weight excluding hydrogens is 438 g/mol. The van der Waals surface area contributed by atoms with Crippen molar-refractivity contribution in [2.45, 2.75) is 85.2 Å². The number of anilines is 1.